The van der Waals surface area contributed by atoms with Gasteiger partial charge in [-0.2, -0.15) is 0 Å². The molecule has 0 aliphatic rings. The first-order valence-corrected chi connectivity index (χ1v) is 8.34. The molecule has 6 heteroatoms. The van der Waals surface area contributed by atoms with Crippen LogP contribution in [0.3, 0.4) is 0 Å². The van der Waals surface area contributed by atoms with E-state index in [1.807, 2.05) is 19.9 Å². The van der Waals surface area contributed by atoms with Crippen LogP contribution in [-0.4, -0.2) is 22.4 Å². The van der Waals surface area contributed by atoms with Gasteiger partial charge in [-0.15, -0.1) is 0 Å². The summed E-state index contributed by atoms with van der Waals surface area (Å²) in [6.07, 6.45) is 2.11. The molecule has 0 spiro atoms. The van der Waals surface area contributed by atoms with E-state index in [0.717, 1.165) is 5.57 Å². The van der Waals surface area contributed by atoms with Crippen molar-refractivity contribution in [3.8, 4) is 34.3 Å². The summed E-state index contributed by atoms with van der Waals surface area (Å²) in [4.78, 5) is 13.0. The highest BCUT2D eigenvalue weighted by Crippen LogP contribution is 2.39. The number of phenolic OH excluding ortho intramolecular Hbond substituents is 3. The van der Waals surface area contributed by atoms with Crippen molar-refractivity contribution in [2.24, 2.45) is 0 Å². The van der Waals surface area contributed by atoms with Crippen molar-refractivity contribution < 1.29 is 24.5 Å². The Kier molecular flexibility index (Phi) is 4.81. The molecule has 0 saturated carbocycles. The summed E-state index contributed by atoms with van der Waals surface area (Å²) in [6.45, 7) is 3.80. The van der Waals surface area contributed by atoms with E-state index in [4.69, 9.17) is 9.15 Å². The largest absolute Gasteiger partial charge is 0.508 e. The van der Waals surface area contributed by atoms with E-state index in [0.29, 0.717) is 5.56 Å². The molecule has 0 radical (unpaired) electrons. The van der Waals surface area contributed by atoms with Crippen LogP contribution in [-0.2, 0) is 6.42 Å². The summed E-state index contributed by atoms with van der Waals surface area (Å²) in [5.74, 6) is -0.345. The Bertz CT molecular complexity index is 1090. The van der Waals surface area contributed by atoms with Crippen LogP contribution in [0.1, 0.15) is 19.4 Å². The molecule has 0 amide bonds. The van der Waals surface area contributed by atoms with Crippen LogP contribution < -0.4 is 10.2 Å². The molecular weight excluding hydrogens is 348 g/mol. The van der Waals surface area contributed by atoms with Crippen molar-refractivity contribution in [2.75, 3.05) is 7.11 Å². The van der Waals surface area contributed by atoms with Gasteiger partial charge < -0.3 is 24.5 Å². The Hall–Kier alpha value is -3.41. The number of benzene rings is 2. The van der Waals surface area contributed by atoms with Crippen LogP contribution >= 0.6 is 0 Å². The molecule has 0 aliphatic heterocycles. The van der Waals surface area contributed by atoms with Gasteiger partial charge in [0.05, 0.1) is 7.11 Å². The maximum Gasteiger partial charge on any atom is 0.239 e. The average molecular weight is 368 g/mol. The van der Waals surface area contributed by atoms with Gasteiger partial charge in [0.1, 0.15) is 28.2 Å². The van der Waals surface area contributed by atoms with Gasteiger partial charge in [0.15, 0.2) is 5.76 Å². The third kappa shape index (κ3) is 3.33. The molecule has 140 valence electrons. The van der Waals surface area contributed by atoms with Crippen molar-refractivity contribution in [1.82, 2.24) is 0 Å². The number of hydrogen-bond acceptors (Lipinski definition) is 6. The first kappa shape index (κ1) is 18.4. The Morgan fingerprint density at radius 3 is 2.41 bits per heavy atom. The summed E-state index contributed by atoms with van der Waals surface area (Å²) in [6, 6.07) is 7.37. The molecule has 0 atom stereocenters. The summed E-state index contributed by atoms with van der Waals surface area (Å²) in [5, 5.41) is 30.3. The zero-order valence-electron chi connectivity index (χ0n) is 15.2. The second kappa shape index (κ2) is 7.07. The Labute approximate surface area is 155 Å². The molecule has 0 aliphatic carbocycles. The Morgan fingerprint density at radius 2 is 1.81 bits per heavy atom. The lowest BCUT2D eigenvalue weighted by Crippen LogP contribution is -2.08. The fraction of sp³-hybridized carbons (Fsp3) is 0.190. The maximum atomic E-state index is 13.0. The number of methoxy groups -OCH3 is 1. The van der Waals surface area contributed by atoms with E-state index >= 15 is 0 Å². The monoisotopic (exact) mass is 368 g/mol. The van der Waals surface area contributed by atoms with Gasteiger partial charge in [-0.25, -0.2) is 0 Å². The van der Waals surface area contributed by atoms with E-state index in [1.54, 1.807) is 12.1 Å². The van der Waals surface area contributed by atoms with Gasteiger partial charge in [0.25, 0.3) is 0 Å². The third-order valence-corrected chi connectivity index (χ3v) is 4.25. The highest BCUT2D eigenvalue weighted by Gasteiger charge is 2.22. The van der Waals surface area contributed by atoms with E-state index in [1.165, 1.54) is 25.3 Å². The van der Waals surface area contributed by atoms with Gasteiger partial charge in [-0.05, 0) is 44.5 Å². The molecular formula is C21H20O6. The minimum absolute atomic E-state index is 0.0415. The van der Waals surface area contributed by atoms with Gasteiger partial charge in [0, 0.05) is 17.2 Å². The number of ether oxygens (including phenoxy) is 1. The molecule has 2 aromatic carbocycles. The van der Waals surface area contributed by atoms with Crippen LogP contribution in [0, 0.1) is 0 Å². The molecule has 1 aromatic heterocycles. The first-order valence-electron chi connectivity index (χ1n) is 8.34. The van der Waals surface area contributed by atoms with Crippen LogP contribution in [0.5, 0.6) is 23.0 Å². The zero-order valence-corrected chi connectivity index (χ0v) is 15.2. The molecule has 3 rings (SSSR count). The Morgan fingerprint density at radius 1 is 1.15 bits per heavy atom. The zero-order chi connectivity index (χ0) is 19.7. The number of fused-ring (bicyclic) bond motifs is 1. The third-order valence-electron chi connectivity index (χ3n) is 4.25. The second-order valence-corrected chi connectivity index (χ2v) is 6.42. The SMILES string of the molecule is COc1c(-c2ccc(O)cc2)oc2cc(O)c(CC=C(C)C)c(O)c2c1=O. The van der Waals surface area contributed by atoms with Gasteiger partial charge in [0.2, 0.25) is 11.2 Å². The summed E-state index contributed by atoms with van der Waals surface area (Å²) in [7, 11) is 1.34. The lowest BCUT2D eigenvalue weighted by molar-refractivity contribution is 0.396. The second-order valence-electron chi connectivity index (χ2n) is 6.42. The number of allylic oxidation sites excluding steroid dienone is 2. The van der Waals surface area contributed by atoms with E-state index in [9.17, 15) is 20.1 Å². The van der Waals surface area contributed by atoms with Crippen molar-refractivity contribution in [3.63, 3.8) is 0 Å². The van der Waals surface area contributed by atoms with Crippen LogP contribution in [0.25, 0.3) is 22.3 Å². The molecule has 1 heterocycles. The summed E-state index contributed by atoms with van der Waals surface area (Å²) in [5.41, 5.74) is 1.27. The lowest BCUT2D eigenvalue weighted by atomic mass is 10.0. The van der Waals surface area contributed by atoms with Gasteiger partial charge >= 0.3 is 0 Å². The van der Waals surface area contributed by atoms with Gasteiger partial charge in [-0.3, -0.25) is 4.79 Å². The molecule has 0 saturated heterocycles. The average Bonchev–Trinajstić information content (AvgIpc) is 2.61. The normalized spacial score (nSPS) is 10.8. The van der Waals surface area contributed by atoms with Crippen LogP contribution in [0.15, 0.2) is 51.2 Å². The molecule has 3 N–H and O–H groups in total. The first-order chi connectivity index (χ1) is 12.8. The molecule has 0 bridgehead atoms. The highest BCUT2D eigenvalue weighted by atomic mass is 16.5. The molecule has 6 nitrogen and oxygen atoms in total. The smallest absolute Gasteiger partial charge is 0.239 e. The van der Waals surface area contributed by atoms with Crippen molar-refractivity contribution in [1.29, 1.82) is 0 Å². The minimum Gasteiger partial charge on any atom is -0.508 e. The van der Waals surface area contributed by atoms with E-state index in [2.05, 4.69) is 0 Å². The van der Waals surface area contributed by atoms with Crippen molar-refractivity contribution >= 4 is 11.0 Å². The Balaban J connectivity index is 2.31. The summed E-state index contributed by atoms with van der Waals surface area (Å²) < 4.78 is 11.0. The number of aromatic hydroxyl groups is 3. The van der Waals surface area contributed by atoms with Crippen molar-refractivity contribution in [2.45, 2.75) is 20.3 Å². The fourth-order valence-corrected chi connectivity index (χ4v) is 2.84. The lowest BCUT2D eigenvalue weighted by Gasteiger charge is -2.12. The standard InChI is InChI=1S/C21H20O6/c1-11(2)4-9-14-15(23)10-16-17(18(14)24)19(25)21(26-3)20(27-16)12-5-7-13(22)8-6-12/h4-8,10,22-24H,9H2,1-3H3. The predicted octanol–water partition coefficient (Wildman–Crippen LogP) is 4.09. The quantitative estimate of drug-likeness (QED) is 0.600. The minimum atomic E-state index is -0.544. The number of hydrogen-bond donors (Lipinski definition) is 3. The van der Waals surface area contributed by atoms with Crippen LogP contribution in [0.2, 0.25) is 0 Å². The van der Waals surface area contributed by atoms with E-state index in [-0.39, 0.29) is 51.7 Å². The molecule has 27 heavy (non-hydrogen) atoms. The summed E-state index contributed by atoms with van der Waals surface area (Å²) >= 11 is 0. The maximum absolute atomic E-state index is 13.0. The number of rotatable bonds is 4. The highest BCUT2D eigenvalue weighted by molar-refractivity contribution is 5.90. The predicted molar refractivity (Wildman–Crippen MR) is 103 cm³/mol. The molecule has 3 aromatic rings. The number of phenols is 3. The van der Waals surface area contributed by atoms with Crippen LogP contribution in [0.4, 0.5) is 0 Å². The molecule has 0 unspecified atom stereocenters. The van der Waals surface area contributed by atoms with Crippen molar-refractivity contribution in [3.05, 3.63) is 57.8 Å². The fourth-order valence-electron chi connectivity index (χ4n) is 2.84. The van der Waals surface area contributed by atoms with Gasteiger partial charge in [-0.1, -0.05) is 11.6 Å². The van der Waals surface area contributed by atoms with E-state index < -0.39 is 5.43 Å². The topological polar surface area (TPSA) is 100 Å². The molecule has 0 fully saturated rings.